The van der Waals surface area contributed by atoms with Crippen molar-refractivity contribution in [2.45, 2.75) is 76.4 Å². The zero-order valence-electron chi connectivity index (χ0n) is 19.2. The molecule has 6 heteroatoms. The van der Waals surface area contributed by atoms with E-state index in [0.29, 0.717) is 12.5 Å². The van der Waals surface area contributed by atoms with Crippen LogP contribution in [-0.4, -0.2) is 64.7 Å². The van der Waals surface area contributed by atoms with E-state index in [1.54, 1.807) is 9.80 Å². The number of carbonyl (C=O) groups is 2. The van der Waals surface area contributed by atoms with E-state index in [4.69, 9.17) is 0 Å². The standard InChI is InChI=1S/C26H35N3O3/c1-18(2)7-6-8-19-11-13-20(14-12-19)25-22-15-28(16-24(31)29(22)23(25)17-30)26(32)27-21-9-4-3-5-10-21/h11-14,18,21-23,25,30H,3-5,7,9-10,15-17H2,1-2H3,(H,27,32)/t22-,23-,25-/m0/s1. The third kappa shape index (κ3) is 4.78. The summed E-state index contributed by atoms with van der Waals surface area (Å²) in [4.78, 5) is 29.1. The van der Waals surface area contributed by atoms with Crippen molar-refractivity contribution in [1.29, 1.82) is 0 Å². The topological polar surface area (TPSA) is 72.9 Å². The molecule has 2 N–H and O–H groups in total. The third-order valence-corrected chi connectivity index (χ3v) is 7.01. The van der Waals surface area contributed by atoms with E-state index in [-0.39, 0.29) is 49.1 Å². The summed E-state index contributed by atoms with van der Waals surface area (Å²) in [6, 6.07) is 7.89. The Labute approximate surface area is 191 Å². The summed E-state index contributed by atoms with van der Waals surface area (Å²) in [7, 11) is 0. The summed E-state index contributed by atoms with van der Waals surface area (Å²) in [5.41, 5.74) is 2.06. The van der Waals surface area contributed by atoms with Gasteiger partial charge in [-0.1, -0.05) is 57.1 Å². The predicted octanol–water partition coefficient (Wildman–Crippen LogP) is 3.10. The zero-order chi connectivity index (χ0) is 22.7. The summed E-state index contributed by atoms with van der Waals surface area (Å²) in [6.45, 7) is 4.82. The molecule has 0 bridgehead atoms. The summed E-state index contributed by atoms with van der Waals surface area (Å²) in [5, 5.41) is 13.1. The van der Waals surface area contributed by atoms with Crippen molar-refractivity contribution in [2.75, 3.05) is 19.7 Å². The highest BCUT2D eigenvalue weighted by Gasteiger charge is 2.54. The zero-order valence-corrected chi connectivity index (χ0v) is 19.2. The van der Waals surface area contributed by atoms with Crippen molar-refractivity contribution in [3.05, 3.63) is 35.4 Å². The van der Waals surface area contributed by atoms with Gasteiger partial charge in [-0.2, -0.15) is 0 Å². The quantitative estimate of drug-likeness (QED) is 0.711. The van der Waals surface area contributed by atoms with Crippen LogP contribution in [0.15, 0.2) is 24.3 Å². The lowest BCUT2D eigenvalue weighted by atomic mass is 9.73. The minimum absolute atomic E-state index is 0.0203. The van der Waals surface area contributed by atoms with E-state index in [1.807, 2.05) is 12.1 Å². The Kier molecular flexibility index (Phi) is 7.05. The van der Waals surface area contributed by atoms with E-state index in [0.717, 1.165) is 43.2 Å². The number of hydrogen-bond donors (Lipinski definition) is 2. The maximum Gasteiger partial charge on any atom is 0.318 e. The molecule has 2 heterocycles. The smallest absolute Gasteiger partial charge is 0.318 e. The molecule has 1 aromatic carbocycles. The van der Waals surface area contributed by atoms with Crippen molar-refractivity contribution >= 4 is 11.9 Å². The predicted molar refractivity (Wildman–Crippen MR) is 124 cm³/mol. The fourth-order valence-electron chi connectivity index (χ4n) is 5.31. The maximum absolute atomic E-state index is 12.9. The number of hydrogen-bond acceptors (Lipinski definition) is 3. The lowest BCUT2D eigenvalue weighted by Crippen LogP contribution is -2.74. The minimum Gasteiger partial charge on any atom is -0.394 e. The fraction of sp³-hybridized carbons (Fsp3) is 0.615. The highest BCUT2D eigenvalue weighted by Crippen LogP contribution is 2.42. The van der Waals surface area contributed by atoms with Gasteiger partial charge < -0.3 is 20.2 Å². The van der Waals surface area contributed by atoms with Crippen LogP contribution in [0.2, 0.25) is 0 Å². The number of fused-ring (bicyclic) bond motifs is 1. The molecule has 3 amide bonds. The van der Waals surface area contributed by atoms with Gasteiger partial charge in [-0.25, -0.2) is 4.79 Å². The second-order valence-electron chi connectivity index (χ2n) is 9.83. The number of rotatable bonds is 4. The molecule has 4 rings (SSSR count). The van der Waals surface area contributed by atoms with Crippen molar-refractivity contribution < 1.29 is 14.7 Å². The van der Waals surface area contributed by atoms with Crippen molar-refractivity contribution in [3.8, 4) is 11.8 Å². The molecule has 0 radical (unpaired) electrons. The Hall–Kier alpha value is -2.52. The molecule has 172 valence electrons. The second-order valence-corrected chi connectivity index (χ2v) is 9.83. The van der Waals surface area contributed by atoms with Gasteiger partial charge in [-0.15, -0.1) is 0 Å². The summed E-state index contributed by atoms with van der Waals surface area (Å²) >= 11 is 0. The highest BCUT2D eigenvalue weighted by atomic mass is 16.3. The van der Waals surface area contributed by atoms with E-state index in [9.17, 15) is 14.7 Å². The molecule has 2 saturated heterocycles. The summed E-state index contributed by atoms with van der Waals surface area (Å²) < 4.78 is 0. The average Bonchev–Trinajstić information content (AvgIpc) is 2.76. The molecule has 0 spiro atoms. The van der Waals surface area contributed by atoms with Gasteiger partial charge in [0.2, 0.25) is 5.91 Å². The number of piperazine rings is 1. The van der Waals surface area contributed by atoms with Gasteiger partial charge in [0.25, 0.3) is 0 Å². The normalized spacial score (nSPS) is 25.6. The first-order valence-electron chi connectivity index (χ1n) is 12.0. The molecule has 2 aliphatic heterocycles. The van der Waals surface area contributed by atoms with Gasteiger partial charge in [0, 0.05) is 30.5 Å². The van der Waals surface area contributed by atoms with Gasteiger partial charge in [-0.3, -0.25) is 4.79 Å². The SMILES string of the molecule is CC(C)CC#Cc1ccc([C@@H]2[C@H](CO)N3C(=O)CN(C(=O)NC4CCCCC4)C[C@@H]23)cc1. The molecule has 1 saturated carbocycles. The molecule has 3 aliphatic rings. The molecule has 3 atom stereocenters. The second kappa shape index (κ2) is 9.95. The largest absolute Gasteiger partial charge is 0.394 e. The molecular formula is C26H35N3O3. The van der Waals surface area contributed by atoms with Crippen LogP contribution in [0.1, 0.15) is 69.4 Å². The van der Waals surface area contributed by atoms with Crippen LogP contribution < -0.4 is 5.32 Å². The van der Waals surface area contributed by atoms with Crippen LogP contribution in [0.25, 0.3) is 0 Å². The number of nitrogens with one attached hydrogen (secondary N) is 1. The molecule has 0 unspecified atom stereocenters. The molecule has 6 nitrogen and oxygen atoms in total. The molecule has 1 aliphatic carbocycles. The van der Waals surface area contributed by atoms with Crippen LogP contribution >= 0.6 is 0 Å². The van der Waals surface area contributed by atoms with Gasteiger partial charge in [0.15, 0.2) is 0 Å². The first-order chi connectivity index (χ1) is 15.5. The number of amides is 3. The van der Waals surface area contributed by atoms with Gasteiger partial charge in [0.05, 0.1) is 18.7 Å². The highest BCUT2D eigenvalue weighted by molar-refractivity contribution is 5.87. The van der Waals surface area contributed by atoms with Gasteiger partial charge >= 0.3 is 6.03 Å². The number of aliphatic hydroxyl groups is 1. The van der Waals surface area contributed by atoms with Crippen LogP contribution in [0, 0.1) is 17.8 Å². The first kappa shape index (κ1) is 22.7. The Morgan fingerprint density at radius 2 is 1.91 bits per heavy atom. The Balaban J connectivity index is 1.44. The number of carbonyl (C=O) groups excluding carboxylic acids is 2. The van der Waals surface area contributed by atoms with E-state index in [2.05, 4.69) is 43.1 Å². The van der Waals surface area contributed by atoms with Gasteiger partial charge in [-0.05, 0) is 36.5 Å². The summed E-state index contributed by atoms with van der Waals surface area (Å²) in [6.07, 6.45) is 6.44. The third-order valence-electron chi connectivity index (χ3n) is 7.01. The maximum atomic E-state index is 12.9. The number of aliphatic hydroxyl groups excluding tert-OH is 1. The molecule has 32 heavy (non-hydrogen) atoms. The lowest BCUT2D eigenvalue weighted by Gasteiger charge is -2.58. The fourth-order valence-corrected chi connectivity index (χ4v) is 5.31. The van der Waals surface area contributed by atoms with Crippen LogP contribution in [0.3, 0.4) is 0 Å². The van der Waals surface area contributed by atoms with Crippen molar-refractivity contribution in [3.63, 3.8) is 0 Å². The van der Waals surface area contributed by atoms with E-state index < -0.39 is 0 Å². The van der Waals surface area contributed by atoms with Crippen molar-refractivity contribution in [1.82, 2.24) is 15.1 Å². The number of urea groups is 1. The first-order valence-corrected chi connectivity index (χ1v) is 12.0. The van der Waals surface area contributed by atoms with Crippen molar-refractivity contribution in [2.24, 2.45) is 5.92 Å². The van der Waals surface area contributed by atoms with E-state index in [1.165, 1.54) is 6.42 Å². The molecule has 0 aromatic heterocycles. The van der Waals surface area contributed by atoms with Crippen LogP contribution in [0.5, 0.6) is 0 Å². The van der Waals surface area contributed by atoms with Crippen LogP contribution in [-0.2, 0) is 4.79 Å². The monoisotopic (exact) mass is 437 g/mol. The number of nitrogens with zero attached hydrogens (tertiary/aromatic N) is 2. The Morgan fingerprint density at radius 1 is 1.19 bits per heavy atom. The minimum atomic E-state index is -0.228. The summed E-state index contributed by atoms with van der Waals surface area (Å²) in [5.74, 6) is 6.90. The average molecular weight is 438 g/mol. The van der Waals surface area contributed by atoms with E-state index >= 15 is 0 Å². The molecule has 3 fully saturated rings. The van der Waals surface area contributed by atoms with Crippen LogP contribution in [0.4, 0.5) is 4.79 Å². The number of benzene rings is 1. The molecular weight excluding hydrogens is 402 g/mol. The Morgan fingerprint density at radius 3 is 2.56 bits per heavy atom. The Bertz CT molecular complexity index is 880. The lowest BCUT2D eigenvalue weighted by molar-refractivity contribution is -0.159. The molecule has 1 aromatic rings. The van der Waals surface area contributed by atoms with Gasteiger partial charge in [0.1, 0.15) is 6.54 Å².